The van der Waals surface area contributed by atoms with Gasteiger partial charge in [-0.15, -0.1) is 0 Å². The van der Waals surface area contributed by atoms with Gasteiger partial charge in [0.1, 0.15) is 5.92 Å². The number of aryl methyl sites for hydroxylation is 1. The maximum absolute atomic E-state index is 13.1. The van der Waals surface area contributed by atoms with Crippen LogP contribution < -0.4 is 15.5 Å². The molecule has 0 aromatic heterocycles. The number of carbonyl (C=O) groups excluding carboxylic acids is 3. The molecule has 9 heteroatoms. The van der Waals surface area contributed by atoms with E-state index in [1.165, 1.54) is 12.1 Å². The highest BCUT2D eigenvalue weighted by Crippen LogP contribution is 2.34. The van der Waals surface area contributed by atoms with Crippen molar-refractivity contribution in [2.24, 2.45) is 5.92 Å². The van der Waals surface area contributed by atoms with Crippen molar-refractivity contribution in [1.82, 2.24) is 5.32 Å². The highest BCUT2D eigenvalue weighted by molar-refractivity contribution is 6.23. The number of alkyl halides is 3. The Balaban J connectivity index is 1.84. The number of para-hydroxylation sites is 1. The molecule has 1 aliphatic rings. The number of nitrogens with one attached hydrogen (secondary N) is 2. The smallest absolute Gasteiger partial charge is 0.336 e. The van der Waals surface area contributed by atoms with E-state index in [-0.39, 0.29) is 12.2 Å². The van der Waals surface area contributed by atoms with Gasteiger partial charge in [0, 0.05) is 6.54 Å². The Labute approximate surface area is 158 Å². The van der Waals surface area contributed by atoms with Gasteiger partial charge in [0.2, 0.25) is 11.8 Å². The molecule has 0 saturated carbocycles. The van der Waals surface area contributed by atoms with Crippen LogP contribution in [0.15, 0.2) is 48.5 Å². The molecule has 3 rings (SSSR count). The highest BCUT2D eigenvalue weighted by atomic mass is 19.4. The summed E-state index contributed by atoms with van der Waals surface area (Å²) in [7, 11) is 0. The SMILES string of the molecule is Cc1ccc(N2C(=O)NCC(C(=O)Nc3ccccc3C(F)(F)F)C2=O)cc1. The van der Waals surface area contributed by atoms with Crippen LogP contribution in [0.25, 0.3) is 0 Å². The van der Waals surface area contributed by atoms with Crippen molar-refractivity contribution < 1.29 is 27.6 Å². The molecule has 28 heavy (non-hydrogen) atoms. The average molecular weight is 391 g/mol. The van der Waals surface area contributed by atoms with Crippen molar-refractivity contribution in [2.45, 2.75) is 13.1 Å². The number of imide groups is 1. The van der Waals surface area contributed by atoms with E-state index < -0.39 is 41.2 Å². The van der Waals surface area contributed by atoms with Gasteiger partial charge in [0.05, 0.1) is 16.9 Å². The molecule has 0 spiro atoms. The largest absolute Gasteiger partial charge is 0.418 e. The van der Waals surface area contributed by atoms with Gasteiger partial charge in [0.25, 0.3) is 0 Å². The molecule has 146 valence electrons. The predicted molar refractivity (Wildman–Crippen MR) is 95.6 cm³/mol. The van der Waals surface area contributed by atoms with Crippen molar-refractivity contribution in [3.05, 3.63) is 59.7 Å². The number of hydrogen-bond donors (Lipinski definition) is 2. The van der Waals surface area contributed by atoms with Crippen molar-refractivity contribution in [1.29, 1.82) is 0 Å². The third kappa shape index (κ3) is 3.83. The lowest BCUT2D eigenvalue weighted by atomic mass is 10.0. The first-order chi connectivity index (χ1) is 13.2. The van der Waals surface area contributed by atoms with Gasteiger partial charge in [0.15, 0.2) is 0 Å². The van der Waals surface area contributed by atoms with Gasteiger partial charge in [-0.05, 0) is 31.2 Å². The number of urea groups is 1. The Morgan fingerprint density at radius 1 is 1.11 bits per heavy atom. The summed E-state index contributed by atoms with van der Waals surface area (Å²) in [6, 6.07) is 10.3. The topological polar surface area (TPSA) is 78.5 Å². The van der Waals surface area contributed by atoms with Crippen LogP contribution in [0.1, 0.15) is 11.1 Å². The first-order valence-corrected chi connectivity index (χ1v) is 8.34. The number of rotatable bonds is 3. The van der Waals surface area contributed by atoms with E-state index in [0.29, 0.717) is 0 Å². The molecule has 4 amide bonds. The minimum atomic E-state index is -4.66. The summed E-state index contributed by atoms with van der Waals surface area (Å²) >= 11 is 0. The number of amides is 4. The molecule has 2 aromatic carbocycles. The lowest BCUT2D eigenvalue weighted by molar-refractivity contribution is -0.137. The normalized spacial score (nSPS) is 17.3. The monoisotopic (exact) mass is 391 g/mol. The molecule has 1 aliphatic heterocycles. The Hall–Kier alpha value is -3.36. The number of carbonyl (C=O) groups is 3. The molecule has 1 saturated heterocycles. The van der Waals surface area contributed by atoms with Crippen molar-refractivity contribution in [3.63, 3.8) is 0 Å². The Bertz CT molecular complexity index is 926. The Morgan fingerprint density at radius 3 is 2.39 bits per heavy atom. The van der Waals surface area contributed by atoms with E-state index in [1.807, 2.05) is 6.92 Å². The zero-order valence-electron chi connectivity index (χ0n) is 14.7. The van der Waals surface area contributed by atoms with E-state index in [4.69, 9.17) is 0 Å². The summed E-state index contributed by atoms with van der Waals surface area (Å²) in [6.07, 6.45) is -4.66. The van der Waals surface area contributed by atoms with Gasteiger partial charge < -0.3 is 10.6 Å². The zero-order chi connectivity index (χ0) is 20.5. The maximum atomic E-state index is 13.1. The molecular formula is C19H16F3N3O3. The minimum Gasteiger partial charge on any atom is -0.336 e. The average Bonchev–Trinajstić information content (AvgIpc) is 2.63. The number of benzene rings is 2. The lowest BCUT2D eigenvalue weighted by Crippen LogP contribution is -2.58. The summed E-state index contributed by atoms with van der Waals surface area (Å²) in [4.78, 5) is 38.2. The van der Waals surface area contributed by atoms with Crippen LogP contribution in [-0.4, -0.2) is 24.4 Å². The molecule has 0 bridgehead atoms. The van der Waals surface area contributed by atoms with Crippen LogP contribution in [0.2, 0.25) is 0 Å². The van der Waals surface area contributed by atoms with Crippen LogP contribution in [0.3, 0.4) is 0 Å². The van der Waals surface area contributed by atoms with Crippen LogP contribution in [-0.2, 0) is 15.8 Å². The van der Waals surface area contributed by atoms with E-state index in [2.05, 4.69) is 10.6 Å². The van der Waals surface area contributed by atoms with Crippen LogP contribution >= 0.6 is 0 Å². The molecule has 1 heterocycles. The molecule has 0 radical (unpaired) electrons. The third-order valence-electron chi connectivity index (χ3n) is 4.28. The van der Waals surface area contributed by atoms with Crippen molar-refractivity contribution in [3.8, 4) is 0 Å². The van der Waals surface area contributed by atoms with Gasteiger partial charge >= 0.3 is 12.2 Å². The first-order valence-electron chi connectivity index (χ1n) is 8.34. The number of hydrogen-bond acceptors (Lipinski definition) is 3. The van der Waals surface area contributed by atoms with E-state index in [9.17, 15) is 27.6 Å². The molecule has 2 N–H and O–H groups in total. The van der Waals surface area contributed by atoms with Gasteiger partial charge in [-0.25, -0.2) is 9.69 Å². The minimum absolute atomic E-state index is 0.265. The lowest BCUT2D eigenvalue weighted by Gasteiger charge is -2.31. The zero-order valence-corrected chi connectivity index (χ0v) is 14.7. The standard InChI is InChI=1S/C19H16F3N3O3/c1-11-6-8-12(9-7-11)25-17(27)13(10-23-18(25)28)16(26)24-15-5-3-2-4-14(15)19(20,21)22/h2-9,13H,10H2,1H3,(H,23,28)(H,24,26). The van der Waals surface area contributed by atoms with Gasteiger partial charge in [-0.3, -0.25) is 9.59 Å². The van der Waals surface area contributed by atoms with Crippen molar-refractivity contribution in [2.75, 3.05) is 16.8 Å². The first kappa shape index (κ1) is 19.4. The Kier molecular flexibility index (Phi) is 5.08. The van der Waals surface area contributed by atoms with E-state index in [0.717, 1.165) is 22.6 Å². The molecule has 2 aromatic rings. The molecule has 1 fully saturated rings. The fourth-order valence-corrected chi connectivity index (χ4v) is 2.81. The third-order valence-corrected chi connectivity index (χ3v) is 4.28. The maximum Gasteiger partial charge on any atom is 0.418 e. The number of nitrogens with zero attached hydrogens (tertiary/aromatic N) is 1. The second-order valence-electron chi connectivity index (χ2n) is 6.28. The summed E-state index contributed by atoms with van der Waals surface area (Å²) in [5, 5.41) is 4.58. The van der Waals surface area contributed by atoms with E-state index >= 15 is 0 Å². The molecular weight excluding hydrogens is 375 g/mol. The summed E-state index contributed by atoms with van der Waals surface area (Å²) < 4.78 is 39.3. The van der Waals surface area contributed by atoms with Crippen LogP contribution in [0.4, 0.5) is 29.3 Å². The van der Waals surface area contributed by atoms with Gasteiger partial charge in [-0.2, -0.15) is 13.2 Å². The van der Waals surface area contributed by atoms with Gasteiger partial charge in [-0.1, -0.05) is 29.8 Å². The highest BCUT2D eigenvalue weighted by Gasteiger charge is 2.40. The van der Waals surface area contributed by atoms with Crippen LogP contribution in [0.5, 0.6) is 0 Å². The predicted octanol–water partition coefficient (Wildman–Crippen LogP) is 3.32. The molecule has 0 aliphatic carbocycles. The quantitative estimate of drug-likeness (QED) is 0.788. The van der Waals surface area contributed by atoms with Crippen molar-refractivity contribution >= 4 is 29.2 Å². The fourth-order valence-electron chi connectivity index (χ4n) is 2.81. The number of anilines is 2. The molecule has 1 atom stereocenters. The summed E-state index contributed by atoms with van der Waals surface area (Å²) in [5.41, 5.74) is -0.300. The van der Waals surface area contributed by atoms with E-state index in [1.54, 1.807) is 24.3 Å². The Morgan fingerprint density at radius 2 is 1.75 bits per heavy atom. The molecule has 1 unspecified atom stereocenters. The summed E-state index contributed by atoms with van der Waals surface area (Å²) in [5.74, 6) is -3.10. The summed E-state index contributed by atoms with van der Waals surface area (Å²) in [6.45, 7) is 1.52. The number of halogens is 3. The second kappa shape index (κ2) is 7.34. The van der Waals surface area contributed by atoms with Crippen LogP contribution in [0, 0.1) is 12.8 Å². The molecule has 6 nitrogen and oxygen atoms in total. The fraction of sp³-hybridized carbons (Fsp3) is 0.211. The second-order valence-corrected chi connectivity index (χ2v) is 6.28.